The van der Waals surface area contributed by atoms with Crippen LogP contribution in [0.25, 0.3) is 22.4 Å². The Balaban J connectivity index is 1.66. The third kappa shape index (κ3) is 3.91. The Kier molecular flexibility index (Phi) is 5.26. The van der Waals surface area contributed by atoms with Crippen LogP contribution in [0.3, 0.4) is 0 Å². The molecule has 0 aliphatic carbocycles. The topological polar surface area (TPSA) is 77.3 Å². The predicted molar refractivity (Wildman–Crippen MR) is 119 cm³/mol. The first-order valence-corrected chi connectivity index (χ1v) is 9.56. The van der Waals surface area contributed by atoms with Gasteiger partial charge in [-0.1, -0.05) is 36.4 Å². The van der Waals surface area contributed by atoms with Crippen LogP contribution in [-0.2, 0) is 4.74 Å². The highest BCUT2D eigenvalue weighted by Crippen LogP contribution is 2.36. The first-order valence-electron chi connectivity index (χ1n) is 9.56. The maximum Gasteiger partial charge on any atom is 0.354 e. The van der Waals surface area contributed by atoms with Crippen molar-refractivity contribution in [3.63, 3.8) is 0 Å². The lowest BCUT2D eigenvalue weighted by molar-refractivity contribution is 0.0595. The number of aryl methyl sites for hydroxylation is 1. The molecule has 0 spiro atoms. The van der Waals surface area contributed by atoms with Gasteiger partial charge in [-0.25, -0.2) is 4.79 Å². The number of carbonyl (C=O) groups is 1. The highest BCUT2D eigenvalue weighted by atomic mass is 16.5. The highest BCUT2D eigenvalue weighted by Gasteiger charge is 2.14. The molecule has 4 rings (SSSR count). The zero-order chi connectivity index (χ0) is 21.1. The molecule has 150 valence electrons. The van der Waals surface area contributed by atoms with Gasteiger partial charge < -0.3 is 20.2 Å². The third-order valence-corrected chi connectivity index (χ3v) is 4.90. The summed E-state index contributed by atoms with van der Waals surface area (Å²) in [5, 5.41) is 0. The van der Waals surface area contributed by atoms with Crippen LogP contribution in [0.2, 0.25) is 0 Å². The number of benzene rings is 3. The molecular weight excluding hydrogens is 376 g/mol. The molecule has 4 aromatic rings. The molecule has 0 saturated heterocycles. The van der Waals surface area contributed by atoms with E-state index in [0.717, 1.165) is 33.7 Å². The van der Waals surface area contributed by atoms with E-state index < -0.39 is 5.97 Å². The molecule has 0 unspecified atom stereocenters. The molecule has 1 aromatic heterocycles. The monoisotopic (exact) mass is 398 g/mol. The second-order valence-corrected chi connectivity index (χ2v) is 6.98. The summed E-state index contributed by atoms with van der Waals surface area (Å²) in [5.74, 6) is 0.923. The van der Waals surface area contributed by atoms with Crippen molar-refractivity contribution in [1.29, 1.82) is 0 Å². The number of nitrogens with one attached hydrogen (secondary N) is 1. The van der Waals surface area contributed by atoms with Gasteiger partial charge in [0.05, 0.1) is 7.11 Å². The van der Waals surface area contributed by atoms with Gasteiger partial charge in [-0.05, 0) is 66.1 Å². The molecule has 5 nitrogen and oxygen atoms in total. The van der Waals surface area contributed by atoms with Crippen LogP contribution in [-0.4, -0.2) is 18.1 Å². The van der Waals surface area contributed by atoms with Crippen molar-refractivity contribution in [2.24, 2.45) is 0 Å². The molecule has 0 aliphatic rings. The number of methoxy groups -OCH3 is 1. The molecule has 30 heavy (non-hydrogen) atoms. The molecule has 0 radical (unpaired) electrons. The van der Waals surface area contributed by atoms with Crippen molar-refractivity contribution in [2.75, 3.05) is 12.8 Å². The van der Waals surface area contributed by atoms with Crippen LogP contribution in [0.5, 0.6) is 11.5 Å². The minimum Gasteiger partial charge on any atom is -0.464 e. The molecule has 0 atom stereocenters. The van der Waals surface area contributed by atoms with Gasteiger partial charge in [-0.3, -0.25) is 0 Å². The Hall–Kier alpha value is -3.99. The van der Waals surface area contributed by atoms with E-state index in [0.29, 0.717) is 17.1 Å². The van der Waals surface area contributed by atoms with Crippen LogP contribution < -0.4 is 10.5 Å². The summed E-state index contributed by atoms with van der Waals surface area (Å²) < 4.78 is 11.0. The number of carbonyl (C=O) groups excluding carboxylic acids is 1. The average molecular weight is 398 g/mol. The van der Waals surface area contributed by atoms with Crippen LogP contribution in [0.15, 0.2) is 78.9 Å². The molecule has 0 amide bonds. The van der Waals surface area contributed by atoms with Gasteiger partial charge in [-0.2, -0.15) is 0 Å². The summed E-state index contributed by atoms with van der Waals surface area (Å²) in [6.07, 6.45) is 0. The lowest BCUT2D eigenvalue weighted by Gasteiger charge is -2.13. The van der Waals surface area contributed by atoms with E-state index in [4.69, 9.17) is 15.2 Å². The minimum atomic E-state index is -0.431. The van der Waals surface area contributed by atoms with Crippen molar-refractivity contribution in [3.05, 3.63) is 90.1 Å². The maximum atomic E-state index is 11.8. The fourth-order valence-corrected chi connectivity index (χ4v) is 3.40. The maximum absolute atomic E-state index is 11.8. The fourth-order valence-electron chi connectivity index (χ4n) is 3.40. The zero-order valence-corrected chi connectivity index (χ0v) is 16.8. The van der Waals surface area contributed by atoms with Gasteiger partial charge in [0.2, 0.25) is 0 Å². The zero-order valence-electron chi connectivity index (χ0n) is 16.8. The number of H-pyrrole nitrogens is 1. The van der Waals surface area contributed by atoms with Crippen molar-refractivity contribution >= 4 is 11.7 Å². The molecule has 0 aliphatic heterocycles. The molecular formula is C25H22N2O3. The predicted octanol–water partition coefficient (Wildman–Crippen LogP) is 5.82. The van der Waals surface area contributed by atoms with Crippen LogP contribution in [0.4, 0.5) is 5.69 Å². The smallest absolute Gasteiger partial charge is 0.354 e. The highest BCUT2D eigenvalue weighted by molar-refractivity contribution is 5.89. The first-order chi connectivity index (χ1) is 14.5. The molecule has 1 heterocycles. The molecule has 3 aromatic carbocycles. The van der Waals surface area contributed by atoms with Crippen LogP contribution >= 0.6 is 0 Å². The number of rotatable bonds is 5. The summed E-state index contributed by atoms with van der Waals surface area (Å²) in [4.78, 5) is 14.8. The molecule has 0 bridgehead atoms. The second kappa shape index (κ2) is 8.17. The number of aromatic amines is 1. The summed E-state index contributed by atoms with van der Waals surface area (Å²) in [6.45, 7) is 2.06. The van der Waals surface area contributed by atoms with E-state index in [2.05, 4.69) is 30.1 Å². The van der Waals surface area contributed by atoms with Gasteiger partial charge in [0.25, 0.3) is 0 Å². The Bertz CT molecular complexity index is 1200. The van der Waals surface area contributed by atoms with E-state index in [-0.39, 0.29) is 0 Å². The first kappa shape index (κ1) is 19.3. The Morgan fingerprint density at radius 2 is 1.70 bits per heavy atom. The number of esters is 1. The second-order valence-electron chi connectivity index (χ2n) is 6.98. The molecule has 0 fully saturated rings. The van der Waals surface area contributed by atoms with Gasteiger partial charge in [0.1, 0.15) is 17.2 Å². The summed E-state index contributed by atoms with van der Waals surface area (Å²) in [5.41, 5.74) is 11.9. The Labute approximate surface area is 175 Å². The normalized spacial score (nSPS) is 10.6. The number of hydrogen-bond acceptors (Lipinski definition) is 4. The summed E-state index contributed by atoms with van der Waals surface area (Å²) in [7, 11) is 1.35. The largest absolute Gasteiger partial charge is 0.464 e. The number of nitrogen functional groups attached to an aromatic ring is 1. The standard InChI is InChI=1S/C25H22N2O3/c1-16-14-19(9-10-20(16)17-6-4-3-5-7-17)30-24-13-8-18(26)15-21(24)22-11-12-23(27-22)25(28)29-2/h3-15,27H,26H2,1-2H3. The van der Waals surface area contributed by atoms with E-state index in [1.54, 1.807) is 18.2 Å². The number of anilines is 1. The van der Waals surface area contributed by atoms with Gasteiger partial charge in [0, 0.05) is 16.9 Å². The minimum absolute atomic E-state index is 0.365. The van der Waals surface area contributed by atoms with E-state index in [1.807, 2.05) is 42.5 Å². The summed E-state index contributed by atoms with van der Waals surface area (Å²) >= 11 is 0. The van der Waals surface area contributed by atoms with Gasteiger partial charge in [0.15, 0.2) is 0 Å². The molecule has 0 saturated carbocycles. The quantitative estimate of drug-likeness (QED) is 0.328. The third-order valence-electron chi connectivity index (χ3n) is 4.90. The van der Waals surface area contributed by atoms with E-state index in [1.165, 1.54) is 7.11 Å². The van der Waals surface area contributed by atoms with Crippen LogP contribution in [0, 0.1) is 6.92 Å². The number of nitrogens with two attached hydrogens (primary N) is 1. The van der Waals surface area contributed by atoms with Crippen molar-refractivity contribution in [3.8, 4) is 33.9 Å². The number of ether oxygens (including phenoxy) is 2. The van der Waals surface area contributed by atoms with E-state index in [9.17, 15) is 4.79 Å². The Morgan fingerprint density at radius 1 is 0.900 bits per heavy atom. The Morgan fingerprint density at radius 3 is 2.43 bits per heavy atom. The number of aromatic nitrogens is 1. The molecule has 5 heteroatoms. The average Bonchev–Trinajstić information content (AvgIpc) is 3.25. The van der Waals surface area contributed by atoms with Crippen molar-refractivity contribution in [2.45, 2.75) is 6.92 Å². The fraction of sp³-hybridized carbons (Fsp3) is 0.0800. The van der Waals surface area contributed by atoms with Crippen LogP contribution in [0.1, 0.15) is 16.1 Å². The van der Waals surface area contributed by atoms with Gasteiger partial charge in [-0.15, -0.1) is 0 Å². The number of hydrogen-bond donors (Lipinski definition) is 2. The van der Waals surface area contributed by atoms with Gasteiger partial charge >= 0.3 is 5.97 Å². The van der Waals surface area contributed by atoms with Crippen molar-refractivity contribution < 1.29 is 14.3 Å². The lowest BCUT2D eigenvalue weighted by atomic mass is 10.0. The van der Waals surface area contributed by atoms with Crippen molar-refractivity contribution in [1.82, 2.24) is 4.98 Å². The van der Waals surface area contributed by atoms with E-state index >= 15 is 0 Å². The molecule has 3 N–H and O–H groups in total. The SMILES string of the molecule is COC(=O)c1ccc(-c2cc(N)ccc2Oc2ccc(-c3ccccc3)c(C)c2)[nH]1. The lowest BCUT2D eigenvalue weighted by Crippen LogP contribution is -2.01. The summed E-state index contributed by atoms with van der Waals surface area (Å²) in [6, 6.07) is 25.1.